The molecule has 0 unspecified atom stereocenters. The van der Waals surface area contributed by atoms with E-state index >= 15 is 0 Å². The maximum atomic E-state index is 12.0. The van der Waals surface area contributed by atoms with E-state index in [1.807, 2.05) is 19.1 Å². The number of amides is 1. The van der Waals surface area contributed by atoms with Gasteiger partial charge < -0.3 is 10.3 Å². The quantitative estimate of drug-likeness (QED) is 0.905. The van der Waals surface area contributed by atoms with E-state index in [-0.39, 0.29) is 17.5 Å². The number of halogens is 1. The summed E-state index contributed by atoms with van der Waals surface area (Å²) in [6, 6.07) is 9.95. The van der Waals surface area contributed by atoms with E-state index in [4.69, 9.17) is 11.6 Å². The summed E-state index contributed by atoms with van der Waals surface area (Å²) >= 11 is 5.91. The number of carbonyl (C=O) groups is 1. The summed E-state index contributed by atoms with van der Waals surface area (Å²) in [5.41, 5.74) is 1.10. The molecule has 2 rings (SSSR count). The van der Waals surface area contributed by atoms with Gasteiger partial charge in [-0.05, 0) is 30.7 Å². The number of H-pyrrole nitrogens is 1. The summed E-state index contributed by atoms with van der Waals surface area (Å²) in [7, 11) is 0. The number of nitrogens with one attached hydrogen (secondary N) is 2. The Balaban J connectivity index is 2.10. The van der Waals surface area contributed by atoms with Gasteiger partial charge in [0, 0.05) is 17.3 Å². The molecule has 1 heterocycles. The van der Waals surface area contributed by atoms with Crippen LogP contribution in [0.4, 0.5) is 0 Å². The second kappa shape index (κ2) is 5.71. The van der Waals surface area contributed by atoms with E-state index in [1.165, 1.54) is 18.3 Å². The highest BCUT2D eigenvalue weighted by molar-refractivity contribution is 6.30. The molecule has 4 nitrogen and oxygen atoms in total. The molecule has 2 aromatic rings. The third-order valence-electron chi connectivity index (χ3n) is 2.74. The van der Waals surface area contributed by atoms with Crippen LogP contribution in [-0.2, 0) is 0 Å². The van der Waals surface area contributed by atoms with Gasteiger partial charge in [-0.1, -0.05) is 23.7 Å². The average molecular weight is 277 g/mol. The van der Waals surface area contributed by atoms with Crippen molar-refractivity contribution in [2.45, 2.75) is 13.0 Å². The average Bonchev–Trinajstić information content (AvgIpc) is 2.39. The van der Waals surface area contributed by atoms with Crippen molar-refractivity contribution < 1.29 is 4.79 Å². The highest BCUT2D eigenvalue weighted by Gasteiger charge is 2.11. The zero-order valence-electron chi connectivity index (χ0n) is 10.3. The van der Waals surface area contributed by atoms with Crippen LogP contribution in [0.5, 0.6) is 0 Å². The highest BCUT2D eigenvalue weighted by Crippen LogP contribution is 2.17. The highest BCUT2D eigenvalue weighted by atomic mass is 35.5. The van der Waals surface area contributed by atoms with Crippen LogP contribution in [0.3, 0.4) is 0 Å². The minimum Gasteiger partial charge on any atom is -0.345 e. The minimum absolute atomic E-state index is 0.168. The molecule has 0 saturated heterocycles. The Labute approximate surface area is 115 Å². The molecular weight excluding hydrogens is 264 g/mol. The van der Waals surface area contributed by atoms with Crippen molar-refractivity contribution in [1.82, 2.24) is 10.3 Å². The zero-order chi connectivity index (χ0) is 13.8. The Hall–Kier alpha value is -2.07. The lowest BCUT2D eigenvalue weighted by molar-refractivity contribution is 0.0939. The number of carbonyl (C=O) groups excluding carboxylic acids is 1. The summed E-state index contributed by atoms with van der Waals surface area (Å²) in [6.45, 7) is 1.87. The van der Waals surface area contributed by atoms with Gasteiger partial charge in [-0.2, -0.15) is 0 Å². The van der Waals surface area contributed by atoms with Crippen molar-refractivity contribution in [3.8, 4) is 0 Å². The topological polar surface area (TPSA) is 62.0 Å². The van der Waals surface area contributed by atoms with E-state index in [0.29, 0.717) is 10.6 Å². The third-order valence-corrected chi connectivity index (χ3v) is 2.98. The summed E-state index contributed by atoms with van der Waals surface area (Å²) in [5.74, 6) is -0.247. The lowest BCUT2D eigenvalue weighted by Crippen LogP contribution is -2.27. The molecule has 0 aliphatic carbocycles. The zero-order valence-corrected chi connectivity index (χ0v) is 11.1. The summed E-state index contributed by atoms with van der Waals surface area (Å²) in [6.07, 6.45) is 1.39. The fourth-order valence-corrected chi connectivity index (χ4v) is 1.89. The van der Waals surface area contributed by atoms with E-state index in [1.54, 1.807) is 12.1 Å². The Morgan fingerprint density at radius 2 is 2.11 bits per heavy atom. The van der Waals surface area contributed by atoms with Gasteiger partial charge in [0.1, 0.15) is 0 Å². The second-order valence-electron chi connectivity index (χ2n) is 4.19. The van der Waals surface area contributed by atoms with Crippen LogP contribution in [0.1, 0.15) is 28.9 Å². The lowest BCUT2D eigenvalue weighted by atomic mass is 10.1. The smallest absolute Gasteiger partial charge is 0.253 e. The van der Waals surface area contributed by atoms with Crippen molar-refractivity contribution >= 4 is 17.5 Å². The van der Waals surface area contributed by atoms with Gasteiger partial charge in [0.15, 0.2) is 0 Å². The summed E-state index contributed by atoms with van der Waals surface area (Å²) < 4.78 is 0. The Kier molecular flexibility index (Phi) is 4.02. The largest absolute Gasteiger partial charge is 0.345 e. The molecule has 0 bridgehead atoms. The fourth-order valence-electron chi connectivity index (χ4n) is 1.69. The predicted octanol–water partition coefficient (Wildman–Crippen LogP) is 2.52. The number of benzene rings is 1. The Bertz CT molecular complexity index is 631. The van der Waals surface area contributed by atoms with E-state index in [9.17, 15) is 9.59 Å². The molecule has 0 aliphatic heterocycles. The number of aromatic amines is 1. The number of hydrogen-bond acceptors (Lipinski definition) is 2. The first-order valence-electron chi connectivity index (χ1n) is 5.81. The molecule has 0 fully saturated rings. The number of aromatic nitrogens is 1. The first-order valence-corrected chi connectivity index (χ1v) is 6.19. The Morgan fingerprint density at radius 3 is 2.74 bits per heavy atom. The SMILES string of the molecule is C[C@@H](NC(=O)c1ccc(=O)[nH]c1)c1cccc(Cl)c1. The van der Waals surface area contributed by atoms with Crippen molar-refractivity contribution in [3.63, 3.8) is 0 Å². The minimum atomic E-state index is -0.247. The van der Waals surface area contributed by atoms with E-state index in [2.05, 4.69) is 10.3 Å². The molecule has 0 aliphatic rings. The van der Waals surface area contributed by atoms with Gasteiger partial charge in [-0.3, -0.25) is 9.59 Å². The molecule has 2 N–H and O–H groups in total. The van der Waals surface area contributed by atoms with Crippen LogP contribution in [0.25, 0.3) is 0 Å². The van der Waals surface area contributed by atoms with Crippen molar-refractivity contribution in [2.24, 2.45) is 0 Å². The maximum absolute atomic E-state index is 12.0. The molecule has 1 aromatic carbocycles. The maximum Gasteiger partial charge on any atom is 0.253 e. The van der Waals surface area contributed by atoms with Gasteiger partial charge in [-0.15, -0.1) is 0 Å². The van der Waals surface area contributed by atoms with Crippen LogP contribution < -0.4 is 10.9 Å². The van der Waals surface area contributed by atoms with Crippen LogP contribution in [0, 0.1) is 0 Å². The molecule has 19 heavy (non-hydrogen) atoms. The fraction of sp³-hybridized carbons (Fsp3) is 0.143. The van der Waals surface area contributed by atoms with Crippen molar-refractivity contribution in [3.05, 3.63) is 69.1 Å². The van der Waals surface area contributed by atoms with Crippen LogP contribution >= 0.6 is 11.6 Å². The van der Waals surface area contributed by atoms with Gasteiger partial charge in [0.25, 0.3) is 5.91 Å². The molecule has 1 aromatic heterocycles. The Morgan fingerprint density at radius 1 is 1.32 bits per heavy atom. The molecular formula is C14H13ClN2O2. The molecule has 1 atom stereocenters. The van der Waals surface area contributed by atoms with Crippen LogP contribution in [0.15, 0.2) is 47.4 Å². The number of hydrogen-bond donors (Lipinski definition) is 2. The van der Waals surface area contributed by atoms with Gasteiger partial charge in [-0.25, -0.2) is 0 Å². The van der Waals surface area contributed by atoms with E-state index < -0.39 is 0 Å². The monoisotopic (exact) mass is 276 g/mol. The standard InChI is InChI=1S/C14H13ClN2O2/c1-9(10-3-2-4-12(15)7-10)17-14(19)11-5-6-13(18)16-8-11/h2-9H,1H3,(H,16,18)(H,17,19)/t9-/m1/s1. The van der Waals surface area contributed by atoms with Crippen LogP contribution in [-0.4, -0.2) is 10.9 Å². The van der Waals surface area contributed by atoms with E-state index in [0.717, 1.165) is 5.56 Å². The molecule has 0 spiro atoms. The number of rotatable bonds is 3. The predicted molar refractivity (Wildman–Crippen MR) is 74.4 cm³/mol. The van der Waals surface area contributed by atoms with Crippen molar-refractivity contribution in [2.75, 3.05) is 0 Å². The molecule has 0 radical (unpaired) electrons. The first-order chi connectivity index (χ1) is 9.06. The normalized spacial score (nSPS) is 11.9. The van der Waals surface area contributed by atoms with Crippen molar-refractivity contribution in [1.29, 1.82) is 0 Å². The summed E-state index contributed by atoms with van der Waals surface area (Å²) in [5, 5.41) is 3.47. The summed E-state index contributed by atoms with van der Waals surface area (Å²) in [4.78, 5) is 25.3. The van der Waals surface area contributed by atoms with Gasteiger partial charge in [0.05, 0.1) is 11.6 Å². The second-order valence-corrected chi connectivity index (χ2v) is 4.63. The lowest BCUT2D eigenvalue weighted by Gasteiger charge is -2.14. The molecule has 1 amide bonds. The first kappa shape index (κ1) is 13.4. The van der Waals surface area contributed by atoms with Gasteiger partial charge in [0.2, 0.25) is 5.56 Å². The third kappa shape index (κ3) is 3.45. The molecule has 98 valence electrons. The molecule has 0 saturated carbocycles. The van der Waals surface area contributed by atoms with Crippen LogP contribution in [0.2, 0.25) is 5.02 Å². The van der Waals surface area contributed by atoms with Gasteiger partial charge >= 0.3 is 0 Å². The number of pyridine rings is 1. The molecule has 5 heteroatoms.